The van der Waals surface area contributed by atoms with Crippen LogP contribution in [0.4, 0.5) is 0 Å². The molecule has 5 aliphatic rings. The van der Waals surface area contributed by atoms with Gasteiger partial charge in [0.1, 0.15) is 18.3 Å². The second-order valence-electron chi connectivity index (χ2n) is 13.2. The molecule has 3 saturated carbocycles. The highest BCUT2D eigenvalue weighted by atomic mass is 16.7. The molecule has 0 radical (unpaired) electrons. The number of ether oxygens (including phenoxy) is 2. The Morgan fingerprint density at radius 1 is 1.05 bits per heavy atom. The second kappa shape index (κ2) is 9.76. The number of hydrogen-bond donors (Lipinski definition) is 5. The highest BCUT2D eigenvalue weighted by Gasteiger charge is 2.66. The standard InChI is InChI=1S/C30H43NO8/c1-28-10-7-18(38-27-24(31)26(35)25(34)22(14-32)39-27)13-17(28)4-5-21-20(28)8-11-29(2)19(9-12-30(21,29)36)16-3-6-23(33)37-15-16/h3,6,13,15,18-22,24-27,32,34-36H,4-5,7-12,14,31H2,1-2H3/t18-,19+,20?,21?,22?,24?,25+,26?,27+,28-,29+,30-/m0/s1. The van der Waals surface area contributed by atoms with Gasteiger partial charge in [-0.3, -0.25) is 0 Å². The third kappa shape index (κ3) is 4.11. The van der Waals surface area contributed by atoms with E-state index in [0.717, 1.165) is 56.9 Å². The first kappa shape index (κ1) is 27.6. The van der Waals surface area contributed by atoms with Gasteiger partial charge in [-0.25, -0.2) is 4.79 Å². The van der Waals surface area contributed by atoms with Crippen molar-refractivity contribution in [3.63, 3.8) is 0 Å². The lowest BCUT2D eigenvalue weighted by Crippen LogP contribution is -2.63. The number of aliphatic hydroxyl groups excluding tert-OH is 3. The van der Waals surface area contributed by atoms with Crippen LogP contribution in [-0.4, -0.2) is 69.4 Å². The molecule has 4 aliphatic carbocycles. The van der Waals surface area contributed by atoms with Crippen LogP contribution in [0.15, 0.2) is 39.3 Å². The smallest absolute Gasteiger partial charge is 0.335 e. The molecule has 9 heteroatoms. The molecule has 0 spiro atoms. The van der Waals surface area contributed by atoms with Crippen molar-refractivity contribution in [3.05, 3.63) is 46.0 Å². The van der Waals surface area contributed by atoms with Gasteiger partial charge in [0.15, 0.2) is 6.29 Å². The molecule has 1 aromatic rings. The van der Waals surface area contributed by atoms with Gasteiger partial charge in [-0.05, 0) is 86.2 Å². The topological polar surface area (TPSA) is 156 Å². The Balaban J connectivity index is 1.21. The molecule has 39 heavy (non-hydrogen) atoms. The van der Waals surface area contributed by atoms with E-state index in [1.165, 1.54) is 11.6 Å². The van der Waals surface area contributed by atoms with Gasteiger partial charge in [0.2, 0.25) is 0 Å². The molecule has 1 saturated heterocycles. The summed E-state index contributed by atoms with van der Waals surface area (Å²) in [5.74, 6) is 0.736. The van der Waals surface area contributed by atoms with Crippen LogP contribution in [0.2, 0.25) is 0 Å². The van der Waals surface area contributed by atoms with Gasteiger partial charge in [0.05, 0.1) is 30.6 Å². The first-order valence-electron chi connectivity index (χ1n) is 14.6. The molecular formula is C30H43NO8. The predicted octanol–water partition coefficient (Wildman–Crippen LogP) is 1.95. The Morgan fingerprint density at radius 3 is 2.56 bits per heavy atom. The summed E-state index contributed by atoms with van der Waals surface area (Å²) in [6, 6.07) is 2.44. The van der Waals surface area contributed by atoms with Crippen LogP contribution in [-0.2, 0) is 9.47 Å². The Kier molecular flexibility index (Phi) is 6.90. The molecular weight excluding hydrogens is 502 g/mol. The van der Waals surface area contributed by atoms with Gasteiger partial charge >= 0.3 is 5.63 Å². The number of rotatable bonds is 4. The van der Waals surface area contributed by atoms with Crippen LogP contribution in [0.5, 0.6) is 0 Å². The average Bonchev–Trinajstić information content (AvgIpc) is 3.20. The zero-order valence-electron chi connectivity index (χ0n) is 22.9. The van der Waals surface area contributed by atoms with Gasteiger partial charge in [0.25, 0.3) is 0 Å². The minimum absolute atomic E-state index is 0.0314. The lowest BCUT2D eigenvalue weighted by atomic mass is 9.45. The monoisotopic (exact) mass is 545 g/mol. The van der Waals surface area contributed by atoms with Crippen molar-refractivity contribution in [2.24, 2.45) is 28.4 Å². The van der Waals surface area contributed by atoms with E-state index in [4.69, 9.17) is 19.6 Å². The molecule has 0 bridgehead atoms. The molecule has 6 N–H and O–H groups in total. The van der Waals surface area contributed by atoms with E-state index in [1.807, 2.05) is 6.07 Å². The van der Waals surface area contributed by atoms with Crippen molar-refractivity contribution in [1.29, 1.82) is 0 Å². The Labute approximate surface area is 229 Å². The highest BCUT2D eigenvalue weighted by Crippen LogP contribution is 2.70. The van der Waals surface area contributed by atoms with Gasteiger partial charge < -0.3 is 40.1 Å². The Hall–Kier alpha value is -1.59. The van der Waals surface area contributed by atoms with Gasteiger partial charge in [-0.2, -0.15) is 0 Å². The van der Waals surface area contributed by atoms with Crippen molar-refractivity contribution < 1.29 is 34.3 Å². The fraction of sp³-hybridized carbons (Fsp3) is 0.767. The van der Waals surface area contributed by atoms with E-state index < -0.39 is 42.9 Å². The van der Waals surface area contributed by atoms with Gasteiger partial charge in [0, 0.05) is 11.5 Å². The van der Waals surface area contributed by atoms with Crippen LogP contribution in [0.25, 0.3) is 0 Å². The predicted molar refractivity (Wildman–Crippen MR) is 141 cm³/mol. The quantitative estimate of drug-likeness (QED) is 0.357. The molecule has 1 aliphatic heterocycles. The largest absolute Gasteiger partial charge is 0.431 e. The van der Waals surface area contributed by atoms with E-state index in [9.17, 15) is 25.2 Å². The maximum absolute atomic E-state index is 12.4. The van der Waals surface area contributed by atoms with E-state index in [1.54, 1.807) is 6.26 Å². The third-order valence-electron chi connectivity index (χ3n) is 11.6. The normalized spacial score (nSPS) is 49.5. The summed E-state index contributed by atoms with van der Waals surface area (Å²) < 4.78 is 17.1. The van der Waals surface area contributed by atoms with Crippen molar-refractivity contribution in [2.75, 3.05) is 6.61 Å². The molecule has 216 valence electrons. The average molecular weight is 546 g/mol. The van der Waals surface area contributed by atoms with Crippen molar-refractivity contribution in [2.45, 2.75) is 113 Å². The Morgan fingerprint density at radius 2 is 1.85 bits per heavy atom. The maximum atomic E-state index is 12.4. The summed E-state index contributed by atoms with van der Waals surface area (Å²) in [5.41, 5.74) is 7.07. The van der Waals surface area contributed by atoms with E-state index >= 15 is 0 Å². The minimum Gasteiger partial charge on any atom is -0.431 e. The van der Waals surface area contributed by atoms with E-state index in [-0.39, 0.29) is 34.4 Å². The molecule has 9 nitrogen and oxygen atoms in total. The Bertz CT molecular complexity index is 1150. The fourth-order valence-electron chi connectivity index (χ4n) is 9.27. The molecule has 12 atom stereocenters. The summed E-state index contributed by atoms with van der Waals surface area (Å²) in [7, 11) is 0. The lowest BCUT2D eigenvalue weighted by Gasteiger charge is -2.62. The van der Waals surface area contributed by atoms with Crippen LogP contribution < -0.4 is 11.4 Å². The fourth-order valence-corrected chi connectivity index (χ4v) is 9.27. The summed E-state index contributed by atoms with van der Waals surface area (Å²) in [6.07, 6.45) is 6.28. The molecule has 2 heterocycles. The zero-order chi connectivity index (χ0) is 27.7. The molecule has 0 aromatic carbocycles. The third-order valence-corrected chi connectivity index (χ3v) is 11.6. The lowest BCUT2D eigenvalue weighted by molar-refractivity contribution is -0.275. The minimum atomic E-state index is -1.26. The summed E-state index contributed by atoms with van der Waals surface area (Å²) >= 11 is 0. The molecule has 4 fully saturated rings. The molecule has 0 amide bonds. The molecule has 6 rings (SSSR count). The van der Waals surface area contributed by atoms with Crippen LogP contribution in [0, 0.1) is 22.7 Å². The number of nitrogens with two attached hydrogens (primary N) is 1. The summed E-state index contributed by atoms with van der Waals surface area (Å²) in [6.45, 7) is 4.16. The number of hydrogen-bond acceptors (Lipinski definition) is 9. The number of aliphatic hydroxyl groups is 4. The van der Waals surface area contributed by atoms with Gasteiger partial charge in [-0.15, -0.1) is 0 Å². The van der Waals surface area contributed by atoms with E-state index in [0.29, 0.717) is 5.92 Å². The first-order valence-corrected chi connectivity index (χ1v) is 14.6. The zero-order valence-corrected chi connectivity index (χ0v) is 22.9. The van der Waals surface area contributed by atoms with Crippen LogP contribution in [0.3, 0.4) is 0 Å². The van der Waals surface area contributed by atoms with Crippen LogP contribution >= 0.6 is 0 Å². The van der Waals surface area contributed by atoms with Crippen molar-refractivity contribution >= 4 is 0 Å². The maximum Gasteiger partial charge on any atom is 0.335 e. The molecule has 5 unspecified atom stereocenters. The van der Waals surface area contributed by atoms with E-state index in [2.05, 4.69) is 19.9 Å². The van der Waals surface area contributed by atoms with Crippen molar-refractivity contribution in [3.8, 4) is 0 Å². The first-order chi connectivity index (χ1) is 18.5. The SMILES string of the molecule is C[C@]12CC[C@H](O[C@@H]3OC(CO)[C@@H](O)C(O)C3N)C=C1CCC1C2CC[C@]2(C)[C@@H](c3ccc(=O)oc3)CC[C@]12O. The van der Waals surface area contributed by atoms with Crippen LogP contribution in [0.1, 0.15) is 76.7 Å². The van der Waals surface area contributed by atoms with Gasteiger partial charge in [-0.1, -0.05) is 25.5 Å². The molecule has 1 aromatic heterocycles. The number of fused-ring (bicyclic) bond motifs is 5. The second-order valence-corrected chi connectivity index (χ2v) is 13.2. The summed E-state index contributed by atoms with van der Waals surface area (Å²) in [5, 5.41) is 42.4. The summed E-state index contributed by atoms with van der Waals surface area (Å²) in [4.78, 5) is 11.6. The highest BCUT2D eigenvalue weighted by molar-refractivity contribution is 5.31. The van der Waals surface area contributed by atoms with Crippen molar-refractivity contribution in [1.82, 2.24) is 0 Å². The number of allylic oxidation sites excluding steroid dienone is 1.